The molecule has 2 aliphatic rings. The maximum Gasteiger partial charge on any atom is 0.409 e. The van der Waals surface area contributed by atoms with Crippen molar-refractivity contribution in [3.05, 3.63) is 53.6 Å². The molecule has 0 radical (unpaired) electrons. The lowest BCUT2D eigenvalue weighted by molar-refractivity contribution is -0.143. The summed E-state index contributed by atoms with van der Waals surface area (Å²) in [5.74, 6) is 0.166. The summed E-state index contributed by atoms with van der Waals surface area (Å²) in [5, 5.41) is 10.4. The topological polar surface area (TPSA) is 97.8 Å². The molecule has 2 heterocycles. The number of aliphatic carboxylic acids is 1. The Bertz CT molecular complexity index is 1040. The Labute approximate surface area is 205 Å². The SMILES string of the molecule is CCOC(=O)N(CC)CCN1C[C@H](c2ccc3c(c2)OCO3)[C@H](C(=O)O)[C@H]1c1ccc(OC)cc1. The fourth-order valence-electron chi connectivity index (χ4n) is 4.98. The summed E-state index contributed by atoms with van der Waals surface area (Å²) in [6.45, 7) is 6.11. The molecule has 9 heteroatoms. The van der Waals surface area contributed by atoms with Crippen molar-refractivity contribution in [2.75, 3.05) is 46.7 Å². The largest absolute Gasteiger partial charge is 0.497 e. The van der Waals surface area contributed by atoms with Crippen LogP contribution in [0.15, 0.2) is 42.5 Å². The second kappa shape index (κ2) is 10.9. The number of hydrogen-bond acceptors (Lipinski definition) is 7. The zero-order chi connectivity index (χ0) is 24.9. The lowest BCUT2D eigenvalue weighted by Gasteiger charge is -2.29. The number of likely N-dealkylation sites (tertiary alicyclic amines) is 1. The van der Waals surface area contributed by atoms with E-state index in [-0.39, 0.29) is 24.8 Å². The molecule has 1 fully saturated rings. The first-order chi connectivity index (χ1) is 17.0. The molecule has 1 saturated heterocycles. The third-order valence-corrected chi connectivity index (χ3v) is 6.73. The molecule has 0 spiro atoms. The Hall–Kier alpha value is -3.46. The number of nitrogens with zero attached hydrogens (tertiary/aromatic N) is 2. The highest BCUT2D eigenvalue weighted by Gasteiger charge is 2.47. The zero-order valence-corrected chi connectivity index (χ0v) is 20.3. The first kappa shape index (κ1) is 24.7. The summed E-state index contributed by atoms with van der Waals surface area (Å²) in [5.41, 5.74) is 1.78. The molecule has 1 N–H and O–H groups in total. The average molecular weight is 485 g/mol. The lowest BCUT2D eigenvalue weighted by Crippen LogP contribution is -2.39. The van der Waals surface area contributed by atoms with E-state index < -0.39 is 11.9 Å². The number of amides is 1. The van der Waals surface area contributed by atoms with Crippen LogP contribution < -0.4 is 14.2 Å². The van der Waals surface area contributed by atoms with E-state index in [4.69, 9.17) is 18.9 Å². The van der Waals surface area contributed by atoms with Crippen molar-refractivity contribution in [3.8, 4) is 17.2 Å². The number of carboxylic acid groups (broad SMARTS) is 1. The number of methoxy groups -OCH3 is 1. The van der Waals surface area contributed by atoms with Gasteiger partial charge in [-0.3, -0.25) is 9.69 Å². The maximum atomic E-state index is 12.7. The molecular formula is C26H32N2O7. The van der Waals surface area contributed by atoms with E-state index in [0.717, 1.165) is 11.1 Å². The van der Waals surface area contributed by atoms with E-state index in [2.05, 4.69) is 4.90 Å². The van der Waals surface area contributed by atoms with Crippen LogP contribution in [-0.4, -0.2) is 73.7 Å². The molecule has 35 heavy (non-hydrogen) atoms. The van der Waals surface area contributed by atoms with E-state index in [9.17, 15) is 14.7 Å². The predicted molar refractivity (Wildman–Crippen MR) is 128 cm³/mol. The van der Waals surface area contributed by atoms with Crippen LogP contribution in [0.25, 0.3) is 0 Å². The predicted octanol–water partition coefficient (Wildman–Crippen LogP) is 3.74. The summed E-state index contributed by atoms with van der Waals surface area (Å²) in [6.07, 6.45) is -0.364. The Balaban J connectivity index is 1.66. The van der Waals surface area contributed by atoms with Gasteiger partial charge in [0, 0.05) is 38.1 Å². The van der Waals surface area contributed by atoms with Gasteiger partial charge in [-0.15, -0.1) is 0 Å². The van der Waals surface area contributed by atoms with Crippen molar-refractivity contribution in [2.24, 2.45) is 5.92 Å². The average Bonchev–Trinajstić information content (AvgIpc) is 3.49. The number of rotatable bonds is 9. The molecule has 2 aromatic rings. The van der Waals surface area contributed by atoms with Crippen LogP contribution in [0.4, 0.5) is 4.79 Å². The molecule has 2 aromatic carbocycles. The van der Waals surface area contributed by atoms with Gasteiger partial charge in [0.25, 0.3) is 0 Å². The minimum absolute atomic E-state index is 0.160. The molecule has 188 valence electrons. The number of carboxylic acids is 1. The van der Waals surface area contributed by atoms with Crippen molar-refractivity contribution in [1.29, 1.82) is 0 Å². The summed E-state index contributed by atoms with van der Waals surface area (Å²) >= 11 is 0. The summed E-state index contributed by atoms with van der Waals surface area (Å²) in [7, 11) is 1.60. The molecule has 3 atom stereocenters. The van der Waals surface area contributed by atoms with Gasteiger partial charge in [-0.25, -0.2) is 4.79 Å². The maximum absolute atomic E-state index is 12.7. The van der Waals surface area contributed by atoms with Crippen LogP contribution in [-0.2, 0) is 9.53 Å². The van der Waals surface area contributed by atoms with E-state index >= 15 is 0 Å². The number of carbonyl (C=O) groups excluding carboxylic acids is 1. The second-order valence-electron chi connectivity index (χ2n) is 8.57. The summed E-state index contributed by atoms with van der Waals surface area (Å²) < 4.78 is 21.4. The molecule has 0 aliphatic carbocycles. The highest BCUT2D eigenvalue weighted by Crippen LogP contribution is 2.47. The van der Waals surface area contributed by atoms with Crippen LogP contribution >= 0.6 is 0 Å². The van der Waals surface area contributed by atoms with Crippen molar-refractivity contribution in [3.63, 3.8) is 0 Å². The number of benzene rings is 2. The zero-order valence-electron chi connectivity index (χ0n) is 20.3. The molecule has 9 nitrogen and oxygen atoms in total. The number of ether oxygens (including phenoxy) is 4. The molecule has 1 amide bonds. The van der Waals surface area contributed by atoms with Gasteiger partial charge in [0.2, 0.25) is 6.79 Å². The fraction of sp³-hybridized carbons (Fsp3) is 0.462. The third-order valence-electron chi connectivity index (χ3n) is 6.73. The normalized spacial score (nSPS) is 21.1. The van der Waals surface area contributed by atoms with Crippen molar-refractivity contribution >= 4 is 12.1 Å². The molecular weight excluding hydrogens is 452 g/mol. The number of fused-ring (bicyclic) bond motifs is 1. The minimum Gasteiger partial charge on any atom is -0.497 e. The van der Waals surface area contributed by atoms with Crippen LogP contribution in [0, 0.1) is 5.92 Å². The van der Waals surface area contributed by atoms with Crippen molar-refractivity contribution in [1.82, 2.24) is 9.80 Å². The highest BCUT2D eigenvalue weighted by molar-refractivity contribution is 5.74. The quantitative estimate of drug-likeness (QED) is 0.575. The number of likely N-dealkylation sites (N-methyl/N-ethyl adjacent to an activating group) is 1. The Morgan fingerprint density at radius 3 is 2.46 bits per heavy atom. The van der Waals surface area contributed by atoms with Gasteiger partial charge in [0.15, 0.2) is 11.5 Å². The number of hydrogen-bond donors (Lipinski definition) is 1. The second-order valence-corrected chi connectivity index (χ2v) is 8.57. The Morgan fingerprint density at radius 1 is 1.09 bits per heavy atom. The molecule has 0 unspecified atom stereocenters. The fourth-order valence-corrected chi connectivity index (χ4v) is 4.98. The van der Waals surface area contributed by atoms with Crippen molar-refractivity contribution < 1.29 is 33.6 Å². The van der Waals surface area contributed by atoms with Gasteiger partial charge < -0.3 is 29.0 Å². The monoisotopic (exact) mass is 484 g/mol. The van der Waals surface area contributed by atoms with Gasteiger partial charge in [0.05, 0.1) is 19.6 Å². The Morgan fingerprint density at radius 2 is 1.80 bits per heavy atom. The first-order valence-corrected chi connectivity index (χ1v) is 11.9. The third kappa shape index (κ3) is 5.14. The van der Waals surface area contributed by atoms with E-state index in [0.29, 0.717) is 50.0 Å². The lowest BCUT2D eigenvalue weighted by atomic mass is 9.82. The van der Waals surface area contributed by atoms with Gasteiger partial charge in [-0.2, -0.15) is 0 Å². The van der Waals surface area contributed by atoms with Crippen molar-refractivity contribution in [2.45, 2.75) is 25.8 Å². The van der Waals surface area contributed by atoms with Crippen LogP contribution in [0.3, 0.4) is 0 Å². The van der Waals surface area contributed by atoms with Gasteiger partial charge in [-0.1, -0.05) is 18.2 Å². The molecule has 2 aliphatic heterocycles. The standard InChI is InChI=1S/C26H32N2O7/c1-4-27(26(31)33-5-2)12-13-28-15-20(18-8-11-21-22(14-18)35-16-34-21)23(25(29)30)24(28)17-6-9-19(32-3)10-7-17/h6-11,14,20,23-24H,4-5,12-13,15-16H2,1-3H3,(H,29,30)/t20-,23+,24-/m1/s1. The van der Waals surface area contributed by atoms with Gasteiger partial charge in [-0.05, 0) is 49.2 Å². The van der Waals surface area contributed by atoms with Gasteiger partial charge >= 0.3 is 12.1 Å². The van der Waals surface area contributed by atoms with E-state index in [1.807, 2.05) is 49.4 Å². The summed E-state index contributed by atoms with van der Waals surface area (Å²) in [6, 6.07) is 12.8. The van der Waals surface area contributed by atoms with Crippen LogP contribution in [0.2, 0.25) is 0 Å². The smallest absolute Gasteiger partial charge is 0.409 e. The summed E-state index contributed by atoms with van der Waals surface area (Å²) in [4.78, 5) is 28.8. The van der Waals surface area contributed by atoms with Crippen LogP contribution in [0.5, 0.6) is 17.2 Å². The number of carbonyl (C=O) groups is 2. The van der Waals surface area contributed by atoms with Crippen LogP contribution in [0.1, 0.15) is 36.9 Å². The molecule has 0 bridgehead atoms. The molecule has 4 rings (SSSR count). The van der Waals surface area contributed by atoms with E-state index in [1.165, 1.54) is 0 Å². The molecule has 0 aromatic heterocycles. The molecule has 0 saturated carbocycles. The minimum atomic E-state index is -0.867. The Kier molecular flexibility index (Phi) is 7.65. The first-order valence-electron chi connectivity index (χ1n) is 11.9. The van der Waals surface area contributed by atoms with E-state index in [1.54, 1.807) is 18.9 Å². The highest BCUT2D eigenvalue weighted by atomic mass is 16.7. The van der Waals surface area contributed by atoms with Gasteiger partial charge in [0.1, 0.15) is 5.75 Å².